The van der Waals surface area contributed by atoms with E-state index in [0.29, 0.717) is 11.3 Å². The number of halogens is 1. The molecule has 7 heteroatoms. The molecule has 0 saturated heterocycles. The molecule has 1 aromatic carbocycles. The van der Waals surface area contributed by atoms with Gasteiger partial charge in [-0.2, -0.15) is 0 Å². The summed E-state index contributed by atoms with van der Waals surface area (Å²) in [6.07, 6.45) is 4.22. The molecule has 0 amide bonds. The van der Waals surface area contributed by atoms with Crippen molar-refractivity contribution in [3.63, 3.8) is 0 Å². The van der Waals surface area contributed by atoms with E-state index in [-0.39, 0.29) is 16.3 Å². The number of rotatable bonds is 4. The highest BCUT2D eigenvalue weighted by atomic mass is 35.5. The molecule has 0 unspecified atom stereocenters. The van der Waals surface area contributed by atoms with Gasteiger partial charge < -0.3 is 10.2 Å². The Morgan fingerprint density at radius 1 is 1.10 bits per heavy atom. The first kappa shape index (κ1) is 14.7. The summed E-state index contributed by atoms with van der Waals surface area (Å²) in [6, 6.07) is 5.91. The lowest BCUT2D eigenvalue weighted by Gasteiger charge is -2.02. The smallest absolute Gasteiger partial charge is 0.354 e. The first-order chi connectivity index (χ1) is 9.99. The van der Waals surface area contributed by atoms with Gasteiger partial charge in [0, 0.05) is 0 Å². The van der Waals surface area contributed by atoms with E-state index in [1.807, 2.05) is 0 Å². The van der Waals surface area contributed by atoms with Gasteiger partial charge in [-0.3, -0.25) is 0 Å². The average molecular weight is 305 g/mol. The van der Waals surface area contributed by atoms with Crippen molar-refractivity contribution in [2.75, 3.05) is 0 Å². The number of carbonyl (C=O) groups is 2. The summed E-state index contributed by atoms with van der Waals surface area (Å²) < 4.78 is 0. The Bertz CT molecular complexity index is 744. The third-order valence-corrected chi connectivity index (χ3v) is 3.02. The van der Waals surface area contributed by atoms with Crippen LogP contribution in [0, 0.1) is 0 Å². The molecule has 106 valence electrons. The Morgan fingerprint density at radius 2 is 1.86 bits per heavy atom. The Hall–Kier alpha value is -2.73. The van der Waals surface area contributed by atoms with Crippen LogP contribution in [-0.2, 0) is 0 Å². The molecule has 2 aromatic rings. The molecule has 0 atom stereocenters. The zero-order valence-corrected chi connectivity index (χ0v) is 11.3. The lowest BCUT2D eigenvalue weighted by atomic mass is 10.1. The van der Waals surface area contributed by atoms with Gasteiger partial charge in [0.25, 0.3) is 0 Å². The topological polar surface area (TPSA) is 100 Å². The number of nitrogens with zero attached hydrogens (tertiary/aromatic N) is 2. The number of hydrogen-bond donors (Lipinski definition) is 2. The fraction of sp³-hybridized carbons (Fsp3) is 0. The van der Waals surface area contributed by atoms with Crippen LogP contribution >= 0.6 is 11.6 Å². The molecule has 0 spiro atoms. The molecule has 0 saturated carbocycles. The summed E-state index contributed by atoms with van der Waals surface area (Å²) in [5.41, 5.74) is 0.731. The van der Waals surface area contributed by atoms with Gasteiger partial charge in [-0.15, -0.1) is 0 Å². The van der Waals surface area contributed by atoms with Crippen LogP contribution in [0.15, 0.2) is 30.6 Å². The van der Waals surface area contributed by atoms with E-state index in [2.05, 4.69) is 9.97 Å². The lowest BCUT2D eigenvalue weighted by Crippen LogP contribution is -2.01. The van der Waals surface area contributed by atoms with Crippen molar-refractivity contribution in [1.29, 1.82) is 0 Å². The molecule has 1 heterocycles. The zero-order chi connectivity index (χ0) is 15.4. The van der Waals surface area contributed by atoms with Crippen molar-refractivity contribution >= 4 is 35.7 Å². The van der Waals surface area contributed by atoms with Crippen molar-refractivity contribution in [1.82, 2.24) is 9.97 Å². The third kappa shape index (κ3) is 3.43. The largest absolute Gasteiger partial charge is 0.478 e. The van der Waals surface area contributed by atoms with Crippen molar-refractivity contribution in [2.24, 2.45) is 0 Å². The van der Waals surface area contributed by atoms with E-state index in [1.54, 1.807) is 18.2 Å². The predicted octanol–water partition coefficient (Wildman–Crippen LogP) is 2.70. The van der Waals surface area contributed by atoms with Gasteiger partial charge in [0.1, 0.15) is 6.33 Å². The van der Waals surface area contributed by atoms with Crippen LogP contribution < -0.4 is 0 Å². The molecule has 21 heavy (non-hydrogen) atoms. The fourth-order valence-electron chi connectivity index (χ4n) is 1.60. The molecule has 1 aromatic heterocycles. The molecule has 0 aliphatic carbocycles. The Morgan fingerprint density at radius 3 is 2.52 bits per heavy atom. The number of hydrogen-bond acceptors (Lipinski definition) is 4. The molecule has 0 radical (unpaired) electrons. The van der Waals surface area contributed by atoms with Crippen LogP contribution in [0.3, 0.4) is 0 Å². The maximum absolute atomic E-state index is 11.0. The molecule has 6 nitrogen and oxygen atoms in total. The molecular formula is C14H9ClN2O4. The summed E-state index contributed by atoms with van der Waals surface area (Å²) in [7, 11) is 0. The fourth-order valence-corrected chi connectivity index (χ4v) is 1.87. The van der Waals surface area contributed by atoms with Gasteiger partial charge in [-0.25, -0.2) is 19.6 Å². The van der Waals surface area contributed by atoms with Crippen molar-refractivity contribution in [3.05, 3.63) is 58.1 Å². The molecule has 0 bridgehead atoms. The number of carboxylic acids is 2. The van der Waals surface area contributed by atoms with Gasteiger partial charge >= 0.3 is 11.9 Å². The van der Waals surface area contributed by atoms with Gasteiger partial charge in [-0.05, 0) is 23.8 Å². The molecule has 2 N–H and O–H groups in total. The lowest BCUT2D eigenvalue weighted by molar-refractivity contribution is 0.0682. The number of benzene rings is 1. The Kier molecular flexibility index (Phi) is 4.30. The van der Waals surface area contributed by atoms with Crippen LogP contribution in [0.5, 0.6) is 0 Å². The Balaban J connectivity index is 2.34. The quantitative estimate of drug-likeness (QED) is 0.900. The summed E-state index contributed by atoms with van der Waals surface area (Å²) in [6.45, 7) is 0. The normalized spacial score (nSPS) is 10.7. The summed E-state index contributed by atoms with van der Waals surface area (Å²) in [5, 5.41) is 17.9. The first-order valence-corrected chi connectivity index (χ1v) is 6.12. The molecule has 0 fully saturated rings. The highest BCUT2D eigenvalue weighted by molar-refractivity contribution is 6.35. The number of carboxylic acid groups (broad SMARTS) is 2. The van der Waals surface area contributed by atoms with Crippen molar-refractivity contribution in [3.8, 4) is 0 Å². The van der Waals surface area contributed by atoms with E-state index >= 15 is 0 Å². The maximum atomic E-state index is 11.0. The minimum absolute atomic E-state index is 0.00673. The van der Waals surface area contributed by atoms with E-state index in [4.69, 9.17) is 21.8 Å². The zero-order valence-electron chi connectivity index (χ0n) is 10.5. The molecule has 2 rings (SSSR count). The van der Waals surface area contributed by atoms with Crippen LogP contribution in [0.2, 0.25) is 5.02 Å². The first-order valence-electron chi connectivity index (χ1n) is 5.74. The minimum atomic E-state index is -1.15. The monoisotopic (exact) mass is 304 g/mol. The maximum Gasteiger partial charge on any atom is 0.354 e. The van der Waals surface area contributed by atoms with Crippen molar-refractivity contribution in [2.45, 2.75) is 0 Å². The van der Waals surface area contributed by atoms with Gasteiger partial charge in [0.2, 0.25) is 0 Å². The minimum Gasteiger partial charge on any atom is -0.478 e. The standard InChI is InChI=1S/C14H9ClN2O4/c15-12-8(2-1-3-10(12)13(18)19)4-5-9-6-11(14(20)21)17-7-16-9/h1-7H,(H,18,19)(H,20,21)/b5-4+. The second-order valence-corrected chi connectivity index (χ2v) is 4.36. The van der Waals surface area contributed by atoms with Gasteiger partial charge in [0.05, 0.1) is 16.3 Å². The highest BCUT2D eigenvalue weighted by Gasteiger charge is 2.10. The average Bonchev–Trinajstić information content (AvgIpc) is 2.46. The second kappa shape index (κ2) is 6.15. The summed E-state index contributed by atoms with van der Waals surface area (Å²) in [4.78, 5) is 29.3. The van der Waals surface area contributed by atoms with E-state index in [0.717, 1.165) is 6.33 Å². The van der Waals surface area contributed by atoms with Gasteiger partial charge in [-0.1, -0.05) is 29.8 Å². The highest BCUT2D eigenvalue weighted by Crippen LogP contribution is 2.23. The second-order valence-electron chi connectivity index (χ2n) is 3.98. The van der Waals surface area contributed by atoms with E-state index in [9.17, 15) is 9.59 Å². The number of aromatic carboxylic acids is 2. The van der Waals surface area contributed by atoms with Crippen LogP contribution in [0.4, 0.5) is 0 Å². The number of aromatic nitrogens is 2. The SMILES string of the molecule is O=C(O)c1cc(/C=C/c2cccc(C(=O)O)c2Cl)ncn1. The predicted molar refractivity (Wildman–Crippen MR) is 76.3 cm³/mol. The molecule has 0 aliphatic heterocycles. The Labute approximate surface area is 124 Å². The van der Waals surface area contributed by atoms with Crippen LogP contribution in [-0.4, -0.2) is 32.1 Å². The molecule has 0 aliphatic rings. The van der Waals surface area contributed by atoms with E-state index in [1.165, 1.54) is 18.2 Å². The molecular weight excluding hydrogens is 296 g/mol. The van der Waals surface area contributed by atoms with Crippen LogP contribution in [0.1, 0.15) is 32.1 Å². The van der Waals surface area contributed by atoms with Crippen LogP contribution in [0.25, 0.3) is 12.2 Å². The summed E-state index contributed by atoms with van der Waals surface area (Å²) in [5.74, 6) is -2.27. The van der Waals surface area contributed by atoms with Gasteiger partial charge in [0.15, 0.2) is 5.69 Å². The third-order valence-electron chi connectivity index (χ3n) is 2.60. The summed E-state index contributed by atoms with van der Waals surface area (Å²) >= 11 is 5.99. The van der Waals surface area contributed by atoms with Crippen molar-refractivity contribution < 1.29 is 19.8 Å². The van der Waals surface area contributed by atoms with E-state index < -0.39 is 11.9 Å².